The molecular weight excluding hydrogens is 228 g/mol. The van der Waals surface area contributed by atoms with E-state index >= 15 is 0 Å². The zero-order valence-electron chi connectivity index (χ0n) is 11.6. The van der Waals surface area contributed by atoms with Crippen LogP contribution in [0, 0.1) is 0 Å². The van der Waals surface area contributed by atoms with Gasteiger partial charge in [-0.2, -0.15) is 0 Å². The van der Waals surface area contributed by atoms with Gasteiger partial charge in [-0.15, -0.1) is 0 Å². The summed E-state index contributed by atoms with van der Waals surface area (Å²) in [7, 11) is 0. The number of nitrogens with zero attached hydrogens (tertiary/aromatic N) is 2. The molecule has 2 heterocycles. The summed E-state index contributed by atoms with van der Waals surface area (Å²) in [5.74, 6) is 0. The van der Waals surface area contributed by atoms with Crippen molar-refractivity contribution in [2.24, 2.45) is 0 Å². The third-order valence-corrected chi connectivity index (χ3v) is 3.87. The van der Waals surface area contributed by atoms with E-state index < -0.39 is 0 Å². The molecule has 0 amide bonds. The average molecular weight is 256 g/mol. The summed E-state index contributed by atoms with van der Waals surface area (Å²) in [6.07, 6.45) is 5.44. The Morgan fingerprint density at radius 3 is 1.33 bits per heavy atom. The monoisotopic (exact) mass is 256 g/mol. The van der Waals surface area contributed by atoms with Gasteiger partial charge >= 0.3 is 0 Å². The first kappa shape index (κ1) is 14.3. The van der Waals surface area contributed by atoms with Gasteiger partial charge in [0.15, 0.2) is 0 Å². The maximum Gasteiger partial charge on any atom is 0.0701 e. The Kier molecular flexibility index (Phi) is 7.01. The normalized spacial score (nSPS) is 22.0. The van der Waals surface area contributed by atoms with E-state index in [-0.39, 0.29) is 0 Å². The second-order valence-corrected chi connectivity index (χ2v) is 5.32. The van der Waals surface area contributed by atoms with Crippen molar-refractivity contribution in [1.82, 2.24) is 9.80 Å². The Balaban J connectivity index is 1.31. The van der Waals surface area contributed by atoms with E-state index in [1.54, 1.807) is 0 Å². The fourth-order valence-electron chi connectivity index (χ4n) is 2.72. The lowest BCUT2D eigenvalue weighted by Crippen LogP contribution is -2.26. The highest BCUT2D eigenvalue weighted by Crippen LogP contribution is 2.06. The van der Waals surface area contributed by atoms with Crippen LogP contribution in [0.1, 0.15) is 25.7 Å². The van der Waals surface area contributed by atoms with E-state index in [1.165, 1.54) is 51.9 Å². The van der Waals surface area contributed by atoms with Crippen molar-refractivity contribution in [3.8, 4) is 0 Å². The second-order valence-electron chi connectivity index (χ2n) is 5.32. The van der Waals surface area contributed by atoms with Crippen LogP contribution in [0.25, 0.3) is 0 Å². The molecule has 0 atom stereocenters. The Labute approximate surface area is 111 Å². The van der Waals surface area contributed by atoms with Gasteiger partial charge in [-0.1, -0.05) is 0 Å². The maximum atomic E-state index is 5.59. The predicted octanol–water partition coefficient (Wildman–Crippen LogP) is 1.21. The Hall–Kier alpha value is -0.160. The van der Waals surface area contributed by atoms with Crippen LogP contribution < -0.4 is 0 Å². The van der Waals surface area contributed by atoms with Crippen molar-refractivity contribution in [2.75, 3.05) is 65.7 Å². The largest absolute Gasteiger partial charge is 0.378 e. The fraction of sp³-hybridized carbons (Fsp3) is 1.00. The molecule has 0 aromatic rings. The number of hydrogen-bond donors (Lipinski definition) is 0. The van der Waals surface area contributed by atoms with Gasteiger partial charge in [-0.3, -0.25) is 0 Å². The molecule has 2 aliphatic heterocycles. The van der Waals surface area contributed by atoms with Crippen molar-refractivity contribution in [1.29, 1.82) is 0 Å². The third kappa shape index (κ3) is 5.65. The second kappa shape index (κ2) is 8.86. The van der Waals surface area contributed by atoms with Gasteiger partial charge in [-0.05, 0) is 51.9 Å². The van der Waals surface area contributed by atoms with Crippen LogP contribution in [0.2, 0.25) is 0 Å². The number of likely N-dealkylation sites (tertiary alicyclic amines) is 2. The number of ether oxygens (including phenoxy) is 2. The van der Waals surface area contributed by atoms with Crippen LogP contribution in [0.5, 0.6) is 0 Å². The Morgan fingerprint density at radius 2 is 0.944 bits per heavy atom. The quantitative estimate of drug-likeness (QED) is 0.579. The highest BCUT2D eigenvalue weighted by atomic mass is 16.5. The highest BCUT2D eigenvalue weighted by Gasteiger charge is 2.11. The van der Waals surface area contributed by atoms with E-state index in [2.05, 4.69) is 9.80 Å². The van der Waals surface area contributed by atoms with Crippen LogP contribution in [0.4, 0.5) is 0 Å². The minimum Gasteiger partial charge on any atom is -0.378 e. The standard InChI is InChI=1S/C14H28N2O2/c1-2-6-15(5-1)9-11-17-13-14-18-12-10-16-7-3-4-8-16/h1-14H2. The molecule has 0 aliphatic carbocycles. The lowest BCUT2D eigenvalue weighted by atomic mass is 10.4. The molecule has 0 spiro atoms. The van der Waals surface area contributed by atoms with Gasteiger partial charge in [0.1, 0.15) is 0 Å². The lowest BCUT2D eigenvalue weighted by Gasteiger charge is -2.15. The van der Waals surface area contributed by atoms with Gasteiger partial charge in [0, 0.05) is 13.1 Å². The SMILES string of the molecule is C1CCN(CCOCCOCCN2CCCC2)C1. The minimum atomic E-state index is 0.744. The molecule has 4 nitrogen and oxygen atoms in total. The molecule has 2 saturated heterocycles. The minimum absolute atomic E-state index is 0.744. The topological polar surface area (TPSA) is 24.9 Å². The summed E-state index contributed by atoms with van der Waals surface area (Å²) in [6.45, 7) is 10.4. The lowest BCUT2D eigenvalue weighted by molar-refractivity contribution is 0.0347. The molecule has 0 N–H and O–H groups in total. The van der Waals surface area contributed by atoms with E-state index in [4.69, 9.17) is 9.47 Å². The fourth-order valence-corrected chi connectivity index (χ4v) is 2.72. The van der Waals surface area contributed by atoms with E-state index in [0.717, 1.165) is 39.5 Å². The van der Waals surface area contributed by atoms with Crippen LogP contribution in [-0.4, -0.2) is 75.5 Å². The molecule has 0 radical (unpaired) electrons. The summed E-state index contributed by atoms with van der Waals surface area (Å²) in [5, 5.41) is 0. The van der Waals surface area contributed by atoms with Gasteiger partial charge in [-0.25, -0.2) is 0 Å². The Bertz CT molecular complexity index is 180. The van der Waals surface area contributed by atoms with Crippen molar-refractivity contribution in [3.05, 3.63) is 0 Å². The molecule has 2 aliphatic rings. The summed E-state index contributed by atoms with van der Waals surface area (Å²) < 4.78 is 11.2. The maximum absolute atomic E-state index is 5.59. The molecule has 0 aromatic heterocycles. The molecule has 0 aromatic carbocycles. The van der Waals surface area contributed by atoms with Crippen LogP contribution in [0.15, 0.2) is 0 Å². The van der Waals surface area contributed by atoms with E-state index in [0.29, 0.717) is 0 Å². The van der Waals surface area contributed by atoms with Crippen molar-refractivity contribution in [2.45, 2.75) is 25.7 Å². The van der Waals surface area contributed by atoms with E-state index in [1.807, 2.05) is 0 Å². The molecule has 0 unspecified atom stereocenters. The van der Waals surface area contributed by atoms with Crippen molar-refractivity contribution in [3.63, 3.8) is 0 Å². The molecular formula is C14H28N2O2. The summed E-state index contributed by atoms with van der Waals surface area (Å²) in [6, 6.07) is 0. The van der Waals surface area contributed by atoms with Crippen LogP contribution in [0.3, 0.4) is 0 Å². The first-order valence-corrected chi connectivity index (χ1v) is 7.55. The molecule has 4 heteroatoms. The predicted molar refractivity (Wildman–Crippen MR) is 73.0 cm³/mol. The van der Waals surface area contributed by atoms with Crippen LogP contribution in [-0.2, 0) is 9.47 Å². The zero-order chi connectivity index (χ0) is 12.5. The van der Waals surface area contributed by atoms with Crippen molar-refractivity contribution >= 4 is 0 Å². The molecule has 0 bridgehead atoms. The molecule has 18 heavy (non-hydrogen) atoms. The van der Waals surface area contributed by atoms with Gasteiger partial charge < -0.3 is 19.3 Å². The zero-order valence-corrected chi connectivity index (χ0v) is 11.6. The van der Waals surface area contributed by atoms with Crippen LogP contribution >= 0.6 is 0 Å². The first-order valence-electron chi connectivity index (χ1n) is 7.55. The van der Waals surface area contributed by atoms with Gasteiger partial charge in [0.2, 0.25) is 0 Å². The Morgan fingerprint density at radius 1 is 0.556 bits per heavy atom. The molecule has 0 saturated carbocycles. The summed E-state index contributed by atoms with van der Waals surface area (Å²) in [4.78, 5) is 4.96. The summed E-state index contributed by atoms with van der Waals surface area (Å²) in [5.41, 5.74) is 0. The molecule has 106 valence electrons. The van der Waals surface area contributed by atoms with Crippen molar-refractivity contribution < 1.29 is 9.47 Å². The van der Waals surface area contributed by atoms with Gasteiger partial charge in [0.25, 0.3) is 0 Å². The summed E-state index contributed by atoms with van der Waals surface area (Å²) >= 11 is 0. The molecule has 2 rings (SSSR count). The van der Waals surface area contributed by atoms with E-state index in [9.17, 15) is 0 Å². The number of rotatable bonds is 9. The average Bonchev–Trinajstić information content (AvgIpc) is 3.05. The van der Waals surface area contributed by atoms with Gasteiger partial charge in [0.05, 0.1) is 26.4 Å². The smallest absolute Gasteiger partial charge is 0.0701 e. The first-order chi connectivity index (χ1) is 8.95. The highest BCUT2D eigenvalue weighted by molar-refractivity contribution is 4.65. The third-order valence-electron chi connectivity index (χ3n) is 3.87. The molecule has 2 fully saturated rings. The number of hydrogen-bond acceptors (Lipinski definition) is 4.